The first kappa shape index (κ1) is 16.8. The molecule has 0 spiro atoms. The molecule has 3 aromatic rings. The van der Waals surface area contributed by atoms with Crippen LogP contribution in [0.4, 0.5) is 5.69 Å². The van der Waals surface area contributed by atoms with Gasteiger partial charge in [0.25, 0.3) is 0 Å². The van der Waals surface area contributed by atoms with E-state index in [-0.39, 0.29) is 5.91 Å². The van der Waals surface area contributed by atoms with Gasteiger partial charge in [0.05, 0.1) is 0 Å². The SMILES string of the molecule is CC(=O)Nc1ccc(Cc2ccc(COc3ccccc3)cc2)cc1. The van der Waals surface area contributed by atoms with Gasteiger partial charge in [0.1, 0.15) is 12.4 Å². The van der Waals surface area contributed by atoms with Gasteiger partial charge < -0.3 is 10.1 Å². The zero-order valence-corrected chi connectivity index (χ0v) is 14.2. The Kier molecular flexibility index (Phi) is 5.47. The van der Waals surface area contributed by atoms with E-state index in [1.54, 1.807) is 0 Å². The molecule has 0 bridgehead atoms. The van der Waals surface area contributed by atoms with Gasteiger partial charge in [-0.05, 0) is 47.4 Å². The van der Waals surface area contributed by atoms with Crippen molar-refractivity contribution in [2.24, 2.45) is 0 Å². The van der Waals surface area contributed by atoms with Crippen molar-refractivity contribution < 1.29 is 9.53 Å². The number of hydrogen-bond donors (Lipinski definition) is 1. The molecule has 3 nitrogen and oxygen atoms in total. The molecule has 3 aromatic carbocycles. The van der Waals surface area contributed by atoms with Crippen molar-refractivity contribution in [3.63, 3.8) is 0 Å². The lowest BCUT2D eigenvalue weighted by Gasteiger charge is -2.08. The monoisotopic (exact) mass is 331 g/mol. The second-order valence-electron chi connectivity index (χ2n) is 5.97. The van der Waals surface area contributed by atoms with Crippen molar-refractivity contribution in [2.75, 3.05) is 5.32 Å². The molecule has 1 N–H and O–H groups in total. The summed E-state index contributed by atoms with van der Waals surface area (Å²) in [5.41, 5.74) is 4.43. The molecule has 0 saturated heterocycles. The third-order valence-electron chi connectivity index (χ3n) is 3.85. The van der Waals surface area contributed by atoms with Crippen LogP contribution in [0, 0.1) is 0 Å². The number of carbonyl (C=O) groups is 1. The molecule has 0 atom stereocenters. The van der Waals surface area contributed by atoms with Crippen LogP contribution in [0.15, 0.2) is 78.9 Å². The molecule has 0 unspecified atom stereocenters. The summed E-state index contributed by atoms with van der Waals surface area (Å²) >= 11 is 0. The third kappa shape index (κ3) is 5.21. The van der Waals surface area contributed by atoms with E-state index < -0.39 is 0 Å². The highest BCUT2D eigenvalue weighted by atomic mass is 16.5. The number of para-hydroxylation sites is 1. The van der Waals surface area contributed by atoms with Crippen molar-refractivity contribution in [2.45, 2.75) is 20.0 Å². The molecule has 3 heteroatoms. The smallest absolute Gasteiger partial charge is 0.221 e. The molecule has 0 aliphatic carbocycles. The first-order valence-electron chi connectivity index (χ1n) is 8.31. The Bertz CT molecular complexity index is 809. The Hall–Kier alpha value is -3.07. The van der Waals surface area contributed by atoms with Gasteiger partial charge in [0, 0.05) is 12.6 Å². The lowest BCUT2D eigenvalue weighted by atomic mass is 10.0. The van der Waals surface area contributed by atoms with Crippen LogP contribution in [0.1, 0.15) is 23.6 Å². The van der Waals surface area contributed by atoms with Crippen LogP contribution < -0.4 is 10.1 Å². The quantitative estimate of drug-likeness (QED) is 0.703. The Balaban J connectivity index is 1.56. The van der Waals surface area contributed by atoms with E-state index in [2.05, 4.69) is 29.6 Å². The molecule has 126 valence electrons. The molecule has 0 fully saturated rings. The predicted octanol–water partition coefficient (Wildman–Crippen LogP) is 4.81. The van der Waals surface area contributed by atoms with Crippen LogP contribution in [-0.4, -0.2) is 5.91 Å². The number of hydrogen-bond acceptors (Lipinski definition) is 2. The summed E-state index contributed by atoms with van der Waals surface area (Å²) in [5, 5.41) is 2.78. The Morgan fingerprint density at radius 3 is 1.96 bits per heavy atom. The topological polar surface area (TPSA) is 38.3 Å². The maximum atomic E-state index is 11.0. The van der Waals surface area contributed by atoms with Crippen molar-refractivity contribution in [3.8, 4) is 5.75 Å². The predicted molar refractivity (Wildman–Crippen MR) is 101 cm³/mol. The first-order valence-corrected chi connectivity index (χ1v) is 8.31. The van der Waals surface area contributed by atoms with Crippen LogP contribution in [-0.2, 0) is 17.8 Å². The summed E-state index contributed by atoms with van der Waals surface area (Å²) in [7, 11) is 0. The molecular formula is C22H21NO2. The van der Waals surface area contributed by atoms with Gasteiger partial charge in [0.2, 0.25) is 5.91 Å². The van der Waals surface area contributed by atoms with E-state index in [4.69, 9.17) is 4.74 Å². The number of ether oxygens (including phenoxy) is 1. The zero-order valence-electron chi connectivity index (χ0n) is 14.2. The van der Waals surface area contributed by atoms with E-state index >= 15 is 0 Å². The molecule has 0 saturated carbocycles. The summed E-state index contributed by atoms with van der Waals surface area (Å²) in [6, 6.07) is 26.2. The minimum Gasteiger partial charge on any atom is -0.489 e. The van der Waals surface area contributed by atoms with Crippen LogP contribution in [0.2, 0.25) is 0 Å². The van der Waals surface area contributed by atoms with Gasteiger partial charge in [-0.25, -0.2) is 0 Å². The Labute approximate surface area is 148 Å². The summed E-state index contributed by atoms with van der Waals surface area (Å²) < 4.78 is 5.76. The van der Waals surface area contributed by atoms with E-state index in [1.807, 2.05) is 54.6 Å². The lowest BCUT2D eigenvalue weighted by Crippen LogP contribution is -2.05. The molecule has 25 heavy (non-hydrogen) atoms. The molecule has 0 radical (unpaired) electrons. The highest BCUT2D eigenvalue weighted by molar-refractivity contribution is 5.88. The third-order valence-corrected chi connectivity index (χ3v) is 3.85. The molecule has 1 amide bonds. The largest absolute Gasteiger partial charge is 0.489 e. The summed E-state index contributed by atoms with van der Waals surface area (Å²) in [6.07, 6.45) is 0.861. The number of amides is 1. The molecule has 0 aliphatic rings. The van der Waals surface area contributed by atoms with Crippen molar-refractivity contribution in [1.29, 1.82) is 0 Å². The fourth-order valence-corrected chi connectivity index (χ4v) is 2.58. The van der Waals surface area contributed by atoms with Crippen LogP contribution in [0.5, 0.6) is 5.75 Å². The molecular weight excluding hydrogens is 310 g/mol. The maximum Gasteiger partial charge on any atom is 0.221 e. The molecule has 0 heterocycles. The zero-order chi connectivity index (χ0) is 17.5. The normalized spacial score (nSPS) is 10.3. The van der Waals surface area contributed by atoms with Crippen LogP contribution in [0.25, 0.3) is 0 Å². The lowest BCUT2D eigenvalue weighted by molar-refractivity contribution is -0.114. The minimum absolute atomic E-state index is 0.0546. The maximum absolute atomic E-state index is 11.0. The van der Waals surface area contributed by atoms with Crippen LogP contribution in [0.3, 0.4) is 0 Å². The number of nitrogens with one attached hydrogen (secondary N) is 1. The van der Waals surface area contributed by atoms with E-state index in [0.717, 1.165) is 23.4 Å². The molecule has 0 aromatic heterocycles. The van der Waals surface area contributed by atoms with Crippen molar-refractivity contribution in [3.05, 3.63) is 95.6 Å². The summed E-state index contributed by atoms with van der Waals surface area (Å²) in [4.78, 5) is 11.0. The second kappa shape index (κ2) is 8.15. The van der Waals surface area contributed by atoms with Crippen LogP contribution >= 0.6 is 0 Å². The van der Waals surface area contributed by atoms with Crippen molar-refractivity contribution in [1.82, 2.24) is 0 Å². The first-order chi connectivity index (χ1) is 12.2. The van der Waals surface area contributed by atoms with Gasteiger partial charge in [-0.1, -0.05) is 54.6 Å². The summed E-state index contributed by atoms with van der Waals surface area (Å²) in [5.74, 6) is 0.826. The van der Waals surface area contributed by atoms with Crippen molar-refractivity contribution >= 4 is 11.6 Å². The highest BCUT2D eigenvalue weighted by Crippen LogP contribution is 2.16. The fraction of sp³-hybridized carbons (Fsp3) is 0.136. The van der Waals surface area contributed by atoms with Gasteiger partial charge in [-0.2, -0.15) is 0 Å². The Morgan fingerprint density at radius 1 is 0.800 bits per heavy atom. The number of rotatable bonds is 6. The Morgan fingerprint density at radius 2 is 1.36 bits per heavy atom. The number of anilines is 1. The van der Waals surface area contributed by atoms with E-state index in [9.17, 15) is 4.79 Å². The van der Waals surface area contributed by atoms with Gasteiger partial charge in [-0.3, -0.25) is 4.79 Å². The van der Waals surface area contributed by atoms with E-state index in [1.165, 1.54) is 18.1 Å². The number of carbonyl (C=O) groups excluding carboxylic acids is 1. The van der Waals surface area contributed by atoms with E-state index in [0.29, 0.717) is 6.61 Å². The highest BCUT2D eigenvalue weighted by Gasteiger charge is 2.00. The van der Waals surface area contributed by atoms with Gasteiger partial charge in [0.15, 0.2) is 0 Å². The number of benzene rings is 3. The van der Waals surface area contributed by atoms with Gasteiger partial charge >= 0.3 is 0 Å². The fourth-order valence-electron chi connectivity index (χ4n) is 2.58. The van der Waals surface area contributed by atoms with Gasteiger partial charge in [-0.15, -0.1) is 0 Å². The average molecular weight is 331 g/mol. The molecule has 0 aliphatic heterocycles. The summed E-state index contributed by atoms with van der Waals surface area (Å²) in [6.45, 7) is 2.08. The minimum atomic E-state index is -0.0546. The molecule has 3 rings (SSSR count). The second-order valence-corrected chi connectivity index (χ2v) is 5.97. The average Bonchev–Trinajstić information content (AvgIpc) is 2.63. The standard InChI is InChI=1S/C22H21NO2/c1-17(24)23-21-13-11-19(12-14-21)15-18-7-9-20(10-8-18)16-25-22-5-3-2-4-6-22/h2-14H,15-16H2,1H3,(H,23,24).